The first kappa shape index (κ1) is 16.5. The number of nitrogens with zero attached hydrogens (tertiary/aromatic N) is 1. The van der Waals surface area contributed by atoms with Crippen molar-refractivity contribution in [2.75, 3.05) is 18.4 Å². The second-order valence-corrected chi connectivity index (χ2v) is 5.50. The Labute approximate surface area is 122 Å². The Bertz CT molecular complexity index is 404. The fraction of sp³-hybridized carbons (Fsp3) is 0.625. The molecule has 0 saturated carbocycles. The van der Waals surface area contributed by atoms with Crippen LogP contribution in [0.15, 0.2) is 18.3 Å². The van der Waals surface area contributed by atoms with Gasteiger partial charge in [0.25, 0.3) is 5.91 Å². The second-order valence-electron chi connectivity index (χ2n) is 5.50. The summed E-state index contributed by atoms with van der Waals surface area (Å²) in [7, 11) is 0. The molecule has 4 heteroatoms. The van der Waals surface area contributed by atoms with E-state index >= 15 is 0 Å². The number of nitrogens with one attached hydrogen (secondary N) is 2. The predicted molar refractivity (Wildman–Crippen MR) is 84.0 cm³/mol. The van der Waals surface area contributed by atoms with Gasteiger partial charge >= 0.3 is 0 Å². The van der Waals surface area contributed by atoms with Gasteiger partial charge in [-0.25, -0.2) is 0 Å². The fourth-order valence-corrected chi connectivity index (χ4v) is 1.84. The highest BCUT2D eigenvalue weighted by Gasteiger charge is 2.07. The quantitative estimate of drug-likeness (QED) is 0.680. The zero-order valence-corrected chi connectivity index (χ0v) is 12.9. The molecule has 2 N–H and O–H groups in total. The number of hydrogen-bond donors (Lipinski definition) is 2. The third-order valence-corrected chi connectivity index (χ3v) is 3.11. The van der Waals surface area contributed by atoms with E-state index in [1.165, 1.54) is 0 Å². The third-order valence-electron chi connectivity index (χ3n) is 3.11. The average Bonchev–Trinajstić information content (AvgIpc) is 2.43. The van der Waals surface area contributed by atoms with Crippen LogP contribution in [-0.4, -0.2) is 24.0 Å². The summed E-state index contributed by atoms with van der Waals surface area (Å²) in [5, 5.41) is 6.23. The Balaban J connectivity index is 2.43. The van der Waals surface area contributed by atoms with E-state index in [2.05, 4.69) is 36.4 Å². The molecule has 0 saturated heterocycles. The van der Waals surface area contributed by atoms with E-state index in [9.17, 15) is 4.79 Å². The van der Waals surface area contributed by atoms with E-state index < -0.39 is 0 Å². The Morgan fingerprint density at radius 2 is 2.10 bits per heavy atom. The summed E-state index contributed by atoms with van der Waals surface area (Å²) in [5.74, 6) is 0.583. The standard InChI is InChI=1S/C16H27N3O/c1-4-5-6-9-19-16(20)15-12-14(8-11-18-15)17-10-7-13(2)3/h8,11-13H,4-7,9-10H2,1-3H3,(H,17,18)(H,19,20). The van der Waals surface area contributed by atoms with Crippen LogP contribution in [0.25, 0.3) is 0 Å². The van der Waals surface area contributed by atoms with Crippen LogP contribution in [0.1, 0.15) is 56.9 Å². The molecular weight excluding hydrogens is 250 g/mol. The lowest BCUT2D eigenvalue weighted by Gasteiger charge is -2.09. The Hall–Kier alpha value is -1.58. The third kappa shape index (κ3) is 6.55. The molecule has 0 aliphatic carbocycles. The number of carbonyl (C=O) groups excluding carboxylic acids is 1. The maximum absolute atomic E-state index is 11.9. The van der Waals surface area contributed by atoms with Crippen molar-refractivity contribution in [3.63, 3.8) is 0 Å². The van der Waals surface area contributed by atoms with Crippen LogP contribution in [0.5, 0.6) is 0 Å². The molecule has 0 unspecified atom stereocenters. The van der Waals surface area contributed by atoms with Crippen molar-refractivity contribution in [3.05, 3.63) is 24.0 Å². The SMILES string of the molecule is CCCCCNC(=O)c1cc(NCCC(C)C)ccn1. The number of aromatic nitrogens is 1. The molecule has 1 heterocycles. The summed E-state index contributed by atoms with van der Waals surface area (Å²) in [6.45, 7) is 8.18. The molecule has 0 aliphatic rings. The van der Waals surface area contributed by atoms with Crippen LogP contribution >= 0.6 is 0 Å². The zero-order chi connectivity index (χ0) is 14.8. The van der Waals surface area contributed by atoms with Crippen LogP contribution in [0.3, 0.4) is 0 Å². The number of amides is 1. The Morgan fingerprint density at radius 3 is 2.80 bits per heavy atom. The summed E-state index contributed by atoms with van der Waals surface area (Å²) >= 11 is 0. The van der Waals surface area contributed by atoms with Crippen molar-refractivity contribution in [2.24, 2.45) is 5.92 Å². The number of carbonyl (C=O) groups is 1. The summed E-state index contributed by atoms with van der Waals surface area (Å²) in [6.07, 6.45) is 6.11. The first-order chi connectivity index (χ1) is 9.63. The van der Waals surface area contributed by atoms with Gasteiger partial charge in [-0.3, -0.25) is 9.78 Å². The minimum absolute atomic E-state index is 0.0892. The summed E-state index contributed by atoms with van der Waals surface area (Å²) in [4.78, 5) is 16.1. The first-order valence-electron chi connectivity index (χ1n) is 7.61. The molecule has 0 fully saturated rings. The van der Waals surface area contributed by atoms with E-state index in [1.54, 1.807) is 6.20 Å². The van der Waals surface area contributed by atoms with E-state index in [-0.39, 0.29) is 5.91 Å². The monoisotopic (exact) mass is 277 g/mol. The average molecular weight is 277 g/mol. The number of pyridine rings is 1. The smallest absolute Gasteiger partial charge is 0.269 e. The number of rotatable bonds is 9. The van der Waals surface area contributed by atoms with Crippen molar-refractivity contribution in [3.8, 4) is 0 Å². The van der Waals surface area contributed by atoms with Crippen molar-refractivity contribution in [2.45, 2.75) is 46.5 Å². The molecular formula is C16H27N3O. The van der Waals surface area contributed by atoms with Gasteiger partial charge in [-0.15, -0.1) is 0 Å². The van der Waals surface area contributed by atoms with Gasteiger partial charge in [0, 0.05) is 25.0 Å². The molecule has 112 valence electrons. The second kappa shape index (κ2) is 9.34. The van der Waals surface area contributed by atoms with E-state index in [0.717, 1.165) is 44.5 Å². The molecule has 0 aliphatic heterocycles. The van der Waals surface area contributed by atoms with Gasteiger partial charge in [0.2, 0.25) is 0 Å². The Kier molecular flexibility index (Phi) is 7.70. The topological polar surface area (TPSA) is 54.0 Å². The fourth-order valence-electron chi connectivity index (χ4n) is 1.84. The Morgan fingerprint density at radius 1 is 1.30 bits per heavy atom. The lowest BCUT2D eigenvalue weighted by Crippen LogP contribution is -2.25. The van der Waals surface area contributed by atoms with Gasteiger partial charge < -0.3 is 10.6 Å². The molecule has 0 radical (unpaired) electrons. The van der Waals surface area contributed by atoms with Crippen LogP contribution in [0, 0.1) is 5.92 Å². The largest absolute Gasteiger partial charge is 0.385 e. The normalized spacial score (nSPS) is 10.6. The maximum Gasteiger partial charge on any atom is 0.269 e. The van der Waals surface area contributed by atoms with Gasteiger partial charge in [-0.1, -0.05) is 33.6 Å². The lowest BCUT2D eigenvalue weighted by atomic mass is 10.1. The number of unbranched alkanes of at least 4 members (excludes halogenated alkanes) is 2. The molecule has 0 bridgehead atoms. The molecule has 4 nitrogen and oxygen atoms in total. The molecule has 1 rings (SSSR count). The van der Waals surface area contributed by atoms with Crippen LogP contribution in [0.4, 0.5) is 5.69 Å². The van der Waals surface area contributed by atoms with Crippen molar-refractivity contribution in [1.82, 2.24) is 10.3 Å². The lowest BCUT2D eigenvalue weighted by molar-refractivity contribution is 0.0948. The summed E-state index contributed by atoms with van der Waals surface area (Å²) in [6, 6.07) is 3.71. The van der Waals surface area contributed by atoms with Crippen molar-refractivity contribution < 1.29 is 4.79 Å². The molecule has 1 aromatic heterocycles. The molecule has 20 heavy (non-hydrogen) atoms. The minimum Gasteiger partial charge on any atom is -0.385 e. The molecule has 0 aromatic carbocycles. The van der Waals surface area contributed by atoms with Gasteiger partial charge in [-0.2, -0.15) is 0 Å². The van der Waals surface area contributed by atoms with Gasteiger partial charge in [0.1, 0.15) is 5.69 Å². The molecule has 1 amide bonds. The molecule has 0 spiro atoms. The first-order valence-corrected chi connectivity index (χ1v) is 7.61. The zero-order valence-electron chi connectivity index (χ0n) is 12.9. The van der Waals surface area contributed by atoms with Gasteiger partial charge in [0.15, 0.2) is 0 Å². The molecule has 1 aromatic rings. The summed E-state index contributed by atoms with van der Waals surface area (Å²) in [5.41, 5.74) is 1.44. The van der Waals surface area contributed by atoms with Crippen molar-refractivity contribution >= 4 is 11.6 Å². The molecule has 0 atom stereocenters. The maximum atomic E-state index is 11.9. The number of hydrogen-bond acceptors (Lipinski definition) is 3. The van der Waals surface area contributed by atoms with Crippen LogP contribution in [0.2, 0.25) is 0 Å². The van der Waals surface area contributed by atoms with Gasteiger partial charge in [0.05, 0.1) is 0 Å². The highest BCUT2D eigenvalue weighted by Crippen LogP contribution is 2.09. The number of anilines is 1. The van der Waals surface area contributed by atoms with Crippen molar-refractivity contribution in [1.29, 1.82) is 0 Å². The van der Waals surface area contributed by atoms with Crippen LogP contribution in [-0.2, 0) is 0 Å². The van der Waals surface area contributed by atoms with E-state index in [0.29, 0.717) is 11.6 Å². The van der Waals surface area contributed by atoms with E-state index in [1.807, 2.05) is 12.1 Å². The summed E-state index contributed by atoms with van der Waals surface area (Å²) < 4.78 is 0. The van der Waals surface area contributed by atoms with Crippen LogP contribution < -0.4 is 10.6 Å². The van der Waals surface area contributed by atoms with E-state index in [4.69, 9.17) is 0 Å². The highest BCUT2D eigenvalue weighted by atomic mass is 16.1. The van der Waals surface area contributed by atoms with Gasteiger partial charge in [-0.05, 0) is 30.9 Å². The highest BCUT2D eigenvalue weighted by molar-refractivity contribution is 5.93. The minimum atomic E-state index is -0.0892. The predicted octanol–water partition coefficient (Wildman–Crippen LogP) is 3.46.